The van der Waals surface area contributed by atoms with E-state index < -0.39 is 18.1 Å². The largest absolute Gasteiger partial charge is 0.477 e. The molecule has 0 aromatic rings. The number of hydrogen-bond acceptors (Lipinski definition) is 6. The van der Waals surface area contributed by atoms with Crippen molar-refractivity contribution in [1.82, 2.24) is 0 Å². The summed E-state index contributed by atoms with van der Waals surface area (Å²) in [7, 11) is 5.52. The van der Waals surface area contributed by atoms with Gasteiger partial charge in [-0.2, -0.15) is 0 Å². The van der Waals surface area contributed by atoms with Gasteiger partial charge in [-0.1, -0.05) is 204 Å². The van der Waals surface area contributed by atoms with Gasteiger partial charge in [0.25, 0.3) is 0 Å². The number of hydrogen-bond donors (Lipinski definition) is 1. The molecule has 0 aliphatic carbocycles. The standard InChI is InChI=1S/C53H97NO7/c1-6-8-10-12-14-16-18-20-21-22-23-24-25-26-27-28-29-30-32-33-35-37-39-41-43-51(55)60-48-49(47-59-46-45-50(53(57)58)54(3,4)5)61-52(56)44-42-40-38-36-34-31-19-17-15-13-11-9-7-2/h9,11,15,17,31,34,49-50H,6-8,10,12-14,16,18-30,32-33,35-48H2,1-5H3/p+1/b11-9-,17-15-,34-31-. The summed E-state index contributed by atoms with van der Waals surface area (Å²) in [5.41, 5.74) is 0. The average Bonchev–Trinajstić information content (AvgIpc) is 3.22. The van der Waals surface area contributed by atoms with Gasteiger partial charge < -0.3 is 23.8 Å². The Bertz CT molecular complexity index is 1090. The molecule has 1 N–H and O–H groups in total. The first kappa shape index (κ1) is 58.6. The molecule has 0 saturated carbocycles. The summed E-state index contributed by atoms with van der Waals surface area (Å²) in [6, 6.07) is -0.619. The first-order chi connectivity index (χ1) is 29.6. The van der Waals surface area contributed by atoms with Gasteiger partial charge in [0.05, 0.1) is 34.4 Å². The lowest BCUT2D eigenvalue weighted by Gasteiger charge is -2.31. The van der Waals surface area contributed by atoms with Crippen LogP contribution in [0, 0.1) is 0 Å². The molecule has 0 rings (SSSR count). The number of carbonyl (C=O) groups excluding carboxylic acids is 2. The number of allylic oxidation sites excluding steroid dienone is 6. The molecule has 0 radical (unpaired) electrons. The van der Waals surface area contributed by atoms with Gasteiger partial charge in [-0.25, -0.2) is 4.79 Å². The molecule has 0 aromatic heterocycles. The predicted molar refractivity (Wildman–Crippen MR) is 257 cm³/mol. The second-order valence-corrected chi connectivity index (χ2v) is 18.4. The van der Waals surface area contributed by atoms with Crippen LogP contribution in [-0.4, -0.2) is 80.6 Å². The fourth-order valence-electron chi connectivity index (χ4n) is 7.64. The molecule has 0 aliphatic rings. The Morgan fingerprint density at radius 2 is 0.918 bits per heavy atom. The van der Waals surface area contributed by atoms with Crippen LogP contribution in [0.4, 0.5) is 0 Å². The molecule has 0 heterocycles. The molecular weight excluding hydrogens is 763 g/mol. The number of nitrogens with zero attached hydrogens (tertiary/aromatic N) is 1. The van der Waals surface area contributed by atoms with E-state index in [2.05, 4.69) is 50.3 Å². The highest BCUT2D eigenvalue weighted by molar-refractivity contribution is 5.72. The van der Waals surface area contributed by atoms with Crippen molar-refractivity contribution in [2.24, 2.45) is 0 Å². The number of carboxylic acids is 1. The lowest BCUT2D eigenvalue weighted by atomic mass is 10.0. The van der Waals surface area contributed by atoms with E-state index in [4.69, 9.17) is 14.2 Å². The van der Waals surface area contributed by atoms with E-state index in [0.29, 0.717) is 19.3 Å². The molecule has 0 saturated heterocycles. The molecule has 0 spiro atoms. The molecule has 0 fully saturated rings. The van der Waals surface area contributed by atoms with Gasteiger partial charge in [0.2, 0.25) is 0 Å². The number of aliphatic carboxylic acids is 1. The highest BCUT2D eigenvalue weighted by Gasteiger charge is 2.31. The Morgan fingerprint density at radius 3 is 1.36 bits per heavy atom. The molecule has 2 atom stereocenters. The van der Waals surface area contributed by atoms with Crippen molar-refractivity contribution < 1.29 is 38.2 Å². The second-order valence-electron chi connectivity index (χ2n) is 18.4. The number of esters is 2. The van der Waals surface area contributed by atoms with Gasteiger partial charge in [-0.15, -0.1) is 0 Å². The topological polar surface area (TPSA) is 99.1 Å². The maximum absolute atomic E-state index is 12.7. The monoisotopic (exact) mass is 861 g/mol. The van der Waals surface area contributed by atoms with Crippen LogP contribution in [0.2, 0.25) is 0 Å². The van der Waals surface area contributed by atoms with Crippen LogP contribution in [0.3, 0.4) is 0 Å². The molecule has 0 amide bonds. The summed E-state index contributed by atoms with van der Waals surface area (Å²) >= 11 is 0. The van der Waals surface area contributed by atoms with Crippen molar-refractivity contribution in [2.75, 3.05) is 41.0 Å². The minimum absolute atomic E-state index is 0.0517. The quantitative estimate of drug-likeness (QED) is 0.0282. The van der Waals surface area contributed by atoms with Gasteiger partial charge in [0, 0.05) is 19.3 Å². The van der Waals surface area contributed by atoms with Crippen molar-refractivity contribution >= 4 is 17.9 Å². The van der Waals surface area contributed by atoms with E-state index in [9.17, 15) is 19.5 Å². The number of unbranched alkanes of at least 4 members (excludes halogenated alkanes) is 26. The minimum atomic E-state index is -0.878. The molecule has 356 valence electrons. The van der Waals surface area contributed by atoms with Crippen molar-refractivity contribution in [3.05, 3.63) is 36.5 Å². The second kappa shape index (κ2) is 44.2. The molecule has 61 heavy (non-hydrogen) atoms. The van der Waals surface area contributed by atoms with E-state index in [0.717, 1.165) is 64.2 Å². The van der Waals surface area contributed by atoms with Crippen LogP contribution in [-0.2, 0) is 28.6 Å². The van der Waals surface area contributed by atoms with Crippen LogP contribution in [0.25, 0.3) is 0 Å². The Balaban J connectivity index is 4.14. The highest BCUT2D eigenvalue weighted by atomic mass is 16.6. The van der Waals surface area contributed by atoms with Gasteiger partial charge in [0.1, 0.15) is 6.61 Å². The lowest BCUT2D eigenvalue weighted by molar-refractivity contribution is -0.887. The lowest BCUT2D eigenvalue weighted by Crippen LogP contribution is -2.50. The molecule has 0 aromatic carbocycles. The number of ether oxygens (including phenoxy) is 3. The zero-order valence-electron chi connectivity index (χ0n) is 40.6. The number of likely N-dealkylation sites (N-methyl/N-ethyl adjacent to an activating group) is 1. The summed E-state index contributed by atoms with van der Waals surface area (Å²) < 4.78 is 17.3. The molecule has 0 aliphatic heterocycles. The fraction of sp³-hybridized carbons (Fsp3) is 0.830. The summed E-state index contributed by atoms with van der Waals surface area (Å²) in [6.07, 6.45) is 52.1. The minimum Gasteiger partial charge on any atom is -0.477 e. The van der Waals surface area contributed by atoms with E-state index in [1.165, 1.54) is 135 Å². The smallest absolute Gasteiger partial charge is 0.362 e. The van der Waals surface area contributed by atoms with Crippen LogP contribution >= 0.6 is 0 Å². The maximum Gasteiger partial charge on any atom is 0.362 e. The number of carbonyl (C=O) groups is 3. The molecule has 2 unspecified atom stereocenters. The predicted octanol–water partition coefficient (Wildman–Crippen LogP) is 14.6. The summed E-state index contributed by atoms with van der Waals surface area (Å²) in [5, 5.41) is 9.64. The fourth-order valence-corrected chi connectivity index (χ4v) is 7.64. The van der Waals surface area contributed by atoms with Gasteiger partial charge in [-0.05, 0) is 44.9 Å². The van der Waals surface area contributed by atoms with Crippen molar-refractivity contribution in [2.45, 2.75) is 244 Å². The van der Waals surface area contributed by atoms with Crippen LogP contribution < -0.4 is 0 Å². The van der Waals surface area contributed by atoms with Crippen LogP contribution in [0.1, 0.15) is 232 Å². The van der Waals surface area contributed by atoms with Crippen molar-refractivity contribution in [1.29, 1.82) is 0 Å². The maximum atomic E-state index is 12.7. The zero-order chi connectivity index (χ0) is 44.9. The Kier molecular flexibility index (Phi) is 42.4. The number of carboxylic acid groups (broad SMARTS) is 1. The molecular formula is C53H98NO7+. The van der Waals surface area contributed by atoms with Gasteiger partial charge in [-0.3, -0.25) is 9.59 Å². The van der Waals surface area contributed by atoms with E-state index in [1.54, 1.807) is 0 Å². The average molecular weight is 861 g/mol. The number of rotatable bonds is 46. The third-order valence-corrected chi connectivity index (χ3v) is 11.6. The first-order valence-corrected chi connectivity index (χ1v) is 25.5. The Labute approximate surface area is 376 Å². The third-order valence-electron chi connectivity index (χ3n) is 11.6. The van der Waals surface area contributed by atoms with Crippen LogP contribution in [0.15, 0.2) is 36.5 Å². The summed E-state index contributed by atoms with van der Waals surface area (Å²) in [5.74, 6) is -1.49. The van der Waals surface area contributed by atoms with Crippen molar-refractivity contribution in [3.63, 3.8) is 0 Å². The first-order valence-electron chi connectivity index (χ1n) is 25.5. The summed E-state index contributed by atoms with van der Waals surface area (Å²) in [6.45, 7) is 4.62. The van der Waals surface area contributed by atoms with Crippen LogP contribution in [0.5, 0.6) is 0 Å². The Morgan fingerprint density at radius 1 is 0.508 bits per heavy atom. The van der Waals surface area contributed by atoms with E-state index in [1.807, 2.05) is 21.1 Å². The molecule has 0 bridgehead atoms. The van der Waals surface area contributed by atoms with Gasteiger partial charge in [0.15, 0.2) is 12.1 Å². The highest BCUT2D eigenvalue weighted by Crippen LogP contribution is 2.17. The van der Waals surface area contributed by atoms with Crippen molar-refractivity contribution in [3.8, 4) is 0 Å². The Hall–Kier alpha value is -2.45. The van der Waals surface area contributed by atoms with E-state index >= 15 is 0 Å². The molecule has 8 nitrogen and oxygen atoms in total. The van der Waals surface area contributed by atoms with E-state index in [-0.39, 0.29) is 36.2 Å². The normalized spacial score (nSPS) is 13.1. The SMILES string of the molecule is CC/C=C\C/C=C\C/C=C\CCCCCC(=O)OC(COCCC(C(=O)O)[N+](C)(C)C)COC(=O)CCCCCCCCCCCCCCCCCCCCCCCCCC. The number of quaternary nitrogens is 1. The van der Waals surface area contributed by atoms with Gasteiger partial charge >= 0.3 is 17.9 Å². The molecule has 8 heteroatoms. The zero-order valence-corrected chi connectivity index (χ0v) is 40.6. The summed E-state index contributed by atoms with van der Waals surface area (Å²) in [4.78, 5) is 37.1. The third kappa shape index (κ3) is 42.6.